The maximum Gasteiger partial charge on any atom is 0.409 e. The molecule has 5 saturated heterocycles. The van der Waals surface area contributed by atoms with Crippen molar-refractivity contribution in [2.24, 2.45) is 0 Å². The first-order valence-corrected chi connectivity index (χ1v) is 25.1. The van der Waals surface area contributed by atoms with E-state index < -0.39 is 52.9 Å². The number of hydrogen-bond acceptors (Lipinski definition) is 13. The number of nitrogens with one attached hydrogen (secondary N) is 2. The molecule has 0 saturated carbocycles. The van der Waals surface area contributed by atoms with Crippen LogP contribution in [0.5, 0.6) is 6.01 Å². The third-order valence-electron chi connectivity index (χ3n) is 15.7. The van der Waals surface area contributed by atoms with Crippen molar-refractivity contribution in [2.75, 3.05) is 51.3 Å². The average Bonchev–Trinajstić information content (AvgIpc) is 4.09. The summed E-state index contributed by atoms with van der Waals surface area (Å²) in [6.07, 6.45) is 13.9. The maximum atomic E-state index is 17.2. The van der Waals surface area contributed by atoms with Crippen molar-refractivity contribution in [1.82, 2.24) is 40.3 Å². The number of amides is 5. The zero-order valence-corrected chi connectivity index (χ0v) is 40.6. The van der Waals surface area contributed by atoms with Gasteiger partial charge in [-0.15, -0.1) is 6.42 Å². The number of anilines is 1. The second kappa shape index (κ2) is 19.2. The van der Waals surface area contributed by atoms with Crippen LogP contribution in [-0.4, -0.2) is 136 Å². The van der Waals surface area contributed by atoms with Gasteiger partial charge in [-0.05, 0) is 80.9 Å². The van der Waals surface area contributed by atoms with Gasteiger partial charge in [0.2, 0.25) is 11.8 Å². The number of pyridine rings is 1. The number of terminal acetylenes is 1. The molecular weight excluding hydrogens is 937 g/mol. The Hall–Kier alpha value is -7.36. The van der Waals surface area contributed by atoms with Gasteiger partial charge in [-0.3, -0.25) is 39.3 Å². The van der Waals surface area contributed by atoms with Gasteiger partial charge < -0.3 is 24.6 Å². The molecule has 0 aliphatic carbocycles. The first-order valence-electron chi connectivity index (χ1n) is 25.1. The maximum absolute atomic E-state index is 17.2. The third kappa shape index (κ3) is 8.71. The standard InChI is InChI=1S/C55H55F2N9O7/c1-4-37-41(56)18-15-33-12-8-13-38(44(33)37)47-46(57)48-40(25-58-47)49(64-27-34-16-17-35(28-64)59-34)62-53(61-48)73-30-55-22-21-36(65(55)26-31(2)24-55)29-72-54(71)63(3)23-7-5-6-10-32-11-9-14-39-45(32)52(70)66(51(39)69)42-19-20-43(67)60-50(42)68/h1,8-9,11-15,18,25,34-36,42,59H,2,5-7,10,16-17,19-24,26-30H2,3H3,(H,60,67,68)/t34?,35?,36-,42?,55-/m0/s1. The van der Waals surface area contributed by atoms with Gasteiger partial charge in [-0.1, -0.05) is 60.9 Å². The second-order valence-corrected chi connectivity index (χ2v) is 20.4. The number of carbonyl (C=O) groups excluding carboxylic acids is 5. The van der Waals surface area contributed by atoms with Crippen molar-refractivity contribution in [2.45, 2.75) is 100 Å². The predicted octanol–water partition coefficient (Wildman–Crippen LogP) is 6.47. The van der Waals surface area contributed by atoms with Crippen molar-refractivity contribution in [1.29, 1.82) is 0 Å². The summed E-state index contributed by atoms with van der Waals surface area (Å²) in [7, 11) is 1.70. The number of fused-ring (bicyclic) bond motifs is 6. The van der Waals surface area contributed by atoms with Crippen LogP contribution in [0.25, 0.3) is 32.9 Å². The zero-order chi connectivity index (χ0) is 50.7. The van der Waals surface area contributed by atoms with E-state index in [0.29, 0.717) is 85.0 Å². The summed E-state index contributed by atoms with van der Waals surface area (Å²) in [5.74, 6) is -0.424. The van der Waals surface area contributed by atoms with Crippen LogP contribution in [0.4, 0.5) is 19.4 Å². The Morgan fingerprint density at radius 1 is 0.973 bits per heavy atom. The Morgan fingerprint density at radius 3 is 2.56 bits per heavy atom. The lowest BCUT2D eigenvalue weighted by molar-refractivity contribution is -0.136. The number of piperazine rings is 1. The fourth-order valence-corrected chi connectivity index (χ4v) is 12.1. The summed E-state index contributed by atoms with van der Waals surface area (Å²) in [5.41, 5.74) is 2.21. The first-order chi connectivity index (χ1) is 35.3. The zero-order valence-electron chi connectivity index (χ0n) is 40.6. The van der Waals surface area contributed by atoms with Crippen LogP contribution in [0.1, 0.15) is 96.1 Å². The lowest BCUT2D eigenvalue weighted by Gasteiger charge is -2.35. The van der Waals surface area contributed by atoms with Gasteiger partial charge in [0, 0.05) is 74.9 Å². The molecule has 16 nitrogen and oxygen atoms in total. The van der Waals surface area contributed by atoms with Gasteiger partial charge in [0.1, 0.15) is 42.1 Å². The van der Waals surface area contributed by atoms with E-state index >= 15 is 8.78 Å². The van der Waals surface area contributed by atoms with Crippen LogP contribution in [0.15, 0.2) is 66.9 Å². The monoisotopic (exact) mass is 991 g/mol. The van der Waals surface area contributed by atoms with Gasteiger partial charge in [0.05, 0.1) is 27.6 Å². The highest BCUT2D eigenvalue weighted by atomic mass is 19.1. The quantitative estimate of drug-likeness (QED) is 0.0536. The molecule has 8 heterocycles. The van der Waals surface area contributed by atoms with Gasteiger partial charge in [0.15, 0.2) is 5.82 Å². The van der Waals surface area contributed by atoms with Crippen LogP contribution < -0.4 is 20.3 Å². The van der Waals surface area contributed by atoms with Gasteiger partial charge in [-0.25, -0.2) is 13.6 Å². The molecule has 2 aromatic heterocycles. The number of halogens is 2. The summed E-state index contributed by atoms with van der Waals surface area (Å²) in [5, 5.41) is 7.35. The van der Waals surface area contributed by atoms with Crippen LogP contribution in [0.2, 0.25) is 0 Å². The summed E-state index contributed by atoms with van der Waals surface area (Å²) < 4.78 is 44.7. The molecule has 6 aliphatic heterocycles. The average molecular weight is 992 g/mol. The van der Waals surface area contributed by atoms with Gasteiger partial charge in [-0.2, -0.15) is 9.97 Å². The lowest BCUT2D eigenvalue weighted by atomic mass is 9.94. The molecule has 2 N–H and O–H groups in total. The van der Waals surface area contributed by atoms with E-state index in [2.05, 4.69) is 37.9 Å². The van der Waals surface area contributed by atoms with Crippen molar-refractivity contribution in [3.63, 3.8) is 0 Å². The number of aromatic nitrogens is 3. The molecule has 376 valence electrons. The van der Waals surface area contributed by atoms with Crippen molar-refractivity contribution in [3.8, 4) is 29.6 Å². The molecule has 3 unspecified atom stereocenters. The molecule has 73 heavy (non-hydrogen) atoms. The van der Waals surface area contributed by atoms with Gasteiger partial charge in [0.25, 0.3) is 11.8 Å². The lowest BCUT2D eigenvalue weighted by Crippen LogP contribution is -2.54. The summed E-state index contributed by atoms with van der Waals surface area (Å²) >= 11 is 0. The number of aryl methyl sites for hydroxylation is 1. The van der Waals surface area contributed by atoms with E-state index in [1.165, 1.54) is 6.07 Å². The number of ether oxygens (including phenoxy) is 2. The fraction of sp³-hybridized carbons (Fsp3) is 0.418. The normalized spacial score (nSPS) is 23.6. The van der Waals surface area contributed by atoms with Crippen molar-refractivity contribution >= 4 is 57.2 Å². The largest absolute Gasteiger partial charge is 0.461 e. The van der Waals surface area contributed by atoms with Crippen LogP contribution in [0, 0.1) is 24.0 Å². The number of imide groups is 2. The van der Waals surface area contributed by atoms with Crippen LogP contribution in [0.3, 0.4) is 0 Å². The minimum Gasteiger partial charge on any atom is -0.461 e. The Labute approximate surface area is 420 Å². The topological polar surface area (TPSA) is 180 Å². The Balaban J connectivity index is 0.735. The van der Waals surface area contributed by atoms with Gasteiger partial charge >= 0.3 is 12.1 Å². The van der Waals surface area contributed by atoms with Crippen molar-refractivity contribution < 1.29 is 42.2 Å². The molecule has 11 rings (SSSR count). The Kier molecular flexibility index (Phi) is 12.6. The fourth-order valence-electron chi connectivity index (χ4n) is 12.1. The number of hydrogen-bond donors (Lipinski definition) is 2. The van der Waals surface area contributed by atoms with Crippen LogP contribution in [-0.2, 0) is 20.7 Å². The molecule has 5 aromatic rings. The molecule has 5 amide bonds. The van der Waals surface area contributed by atoms with Crippen LogP contribution >= 0.6 is 0 Å². The molecule has 5 atom stereocenters. The number of carbonyl (C=O) groups is 5. The minimum absolute atomic E-state index is 0.0149. The molecule has 2 bridgehead atoms. The number of benzene rings is 3. The molecule has 5 fully saturated rings. The van der Waals surface area contributed by atoms with E-state index in [1.54, 1.807) is 54.5 Å². The Morgan fingerprint density at radius 2 is 1.77 bits per heavy atom. The molecule has 18 heteroatoms. The van der Waals surface area contributed by atoms with E-state index in [4.69, 9.17) is 25.9 Å². The SMILES string of the molecule is C#Cc1c(F)ccc2cccc(-c3ncc4c(N5CC6CCC(C5)N6)nc(OC[C@@]56CC[C@@H](COC(=O)N(C)CCCCCc7cccc8c7C(=O)N(C7CCC(=O)NC7=O)C8=O)N5CC(=C)C6)nc4c3F)c12. The predicted molar refractivity (Wildman–Crippen MR) is 267 cm³/mol. The van der Waals surface area contributed by atoms with E-state index in [0.717, 1.165) is 48.1 Å². The minimum atomic E-state index is -1.03. The first kappa shape index (κ1) is 47.9. The second-order valence-electron chi connectivity index (χ2n) is 20.4. The molecule has 0 radical (unpaired) electrons. The van der Waals surface area contributed by atoms with E-state index in [9.17, 15) is 24.0 Å². The Bertz CT molecular complexity index is 3190. The molecule has 0 spiro atoms. The van der Waals surface area contributed by atoms with Crippen molar-refractivity contribution in [3.05, 3.63) is 101 Å². The number of rotatable bonds is 14. The summed E-state index contributed by atoms with van der Waals surface area (Å²) in [4.78, 5) is 85.6. The van der Waals surface area contributed by atoms with E-state index in [1.807, 2.05) is 6.07 Å². The molecular formula is C55H55F2N9O7. The highest BCUT2D eigenvalue weighted by Gasteiger charge is 2.52. The van der Waals surface area contributed by atoms with E-state index in [-0.39, 0.29) is 72.5 Å². The third-order valence-corrected chi connectivity index (χ3v) is 15.7. The molecule has 6 aliphatic rings. The number of unbranched alkanes of at least 4 members (excludes halogenated alkanes) is 2. The smallest absolute Gasteiger partial charge is 0.409 e. The summed E-state index contributed by atoms with van der Waals surface area (Å²) in [6.45, 7) is 7.08. The number of nitrogens with zero attached hydrogens (tertiary/aromatic N) is 7. The highest BCUT2D eigenvalue weighted by Crippen LogP contribution is 2.45. The highest BCUT2D eigenvalue weighted by molar-refractivity contribution is 6.24. The number of piperidine rings is 1. The summed E-state index contributed by atoms with van der Waals surface area (Å²) in [6, 6.07) is 12.7. The molecule has 3 aromatic carbocycles.